The number of alkyl halides is 1. The van der Waals surface area contributed by atoms with E-state index in [0.29, 0.717) is 32.1 Å². The molecule has 2 fully saturated rings. The van der Waals surface area contributed by atoms with Gasteiger partial charge in [0.05, 0.1) is 38.9 Å². The second-order valence-electron chi connectivity index (χ2n) is 6.83. The summed E-state index contributed by atoms with van der Waals surface area (Å²) >= 11 is 0. The molecule has 0 N–H and O–H groups in total. The van der Waals surface area contributed by atoms with Crippen molar-refractivity contribution in [2.45, 2.75) is 23.4 Å². The highest BCUT2D eigenvalue weighted by atomic mass is 32.2. The second-order valence-corrected chi connectivity index (χ2v) is 8.77. The number of sulfonamides is 1. The van der Waals surface area contributed by atoms with Gasteiger partial charge in [-0.05, 0) is 25.0 Å². The number of hydrogen-bond donors (Lipinski definition) is 0. The van der Waals surface area contributed by atoms with Gasteiger partial charge in [0.1, 0.15) is 0 Å². The van der Waals surface area contributed by atoms with Crippen molar-refractivity contribution in [1.29, 1.82) is 0 Å². The number of rotatable bonds is 5. The first-order chi connectivity index (χ1) is 13.3. The predicted octanol–water partition coefficient (Wildman–Crippen LogP) is 1.06. The minimum atomic E-state index is -3.99. The molecular formula is C18H25FN2O6S. The molecule has 1 atom stereocenters. The highest BCUT2D eigenvalue weighted by Crippen LogP contribution is 2.34. The third-order valence-corrected chi connectivity index (χ3v) is 6.92. The maximum absolute atomic E-state index is 15.5. The lowest BCUT2D eigenvalue weighted by atomic mass is 9.94. The Balaban J connectivity index is 1.83. The summed E-state index contributed by atoms with van der Waals surface area (Å²) in [5.41, 5.74) is -2.24. The fraction of sp³-hybridized carbons (Fsp3) is 0.611. The molecule has 2 heterocycles. The number of nitrogens with zero attached hydrogens (tertiary/aromatic N) is 2. The Hall–Kier alpha value is -1.91. The maximum Gasteiger partial charge on any atom is 0.261 e. The van der Waals surface area contributed by atoms with E-state index >= 15 is 4.39 Å². The first-order valence-corrected chi connectivity index (χ1v) is 10.5. The van der Waals surface area contributed by atoms with E-state index < -0.39 is 28.1 Å². The van der Waals surface area contributed by atoms with Crippen LogP contribution >= 0.6 is 0 Å². The molecule has 2 saturated heterocycles. The van der Waals surface area contributed by atoms with Crippen molar-refractivity contribution in [3.63, 3.8) is 0 Å². The van der Waals surface area contributed by atoms with Gasteiger partial charge in [-0.3, -0.25) is 4.79 Å². The van der Waals surface area contributed by atoms with Crippen molar-refractivity contribution in [1.82, 2.24) is 9.21 Å². The zero-order valence-corrected chi connectivity index (χ0v) is 16.8. The summed E-state index contributed by atoms with van der Waals surface area (Å²) in [5.74, 6) is -0.0121. The van der Waals surface area contributed by atoms with E-state index in [9.17, 15) is 13.2 Å². The van der Waals surface area contributed by atoms with Crippen LogP contribution in [0.4, 0.5) is 4.39 Å². The summed E-state index contributed by atoms with van der Waals surface area (Å²) in [6.07, 6.45) is 0.264. The van der Waals surface area contributed by atoms with Gasteiger partial charge in [0, 0.05) is 25.7 Å². The number of methoxy groups -OCH3 is 2. The lowest BCUT2D eigenvalue weighted by molar-refractivity contribution is -0.150. The van der Waals surface area contributed by atoms with Gasteiger partial charge in [-0.1, -0.05) is 0 Å². The summed E-state index contributed by atoms with van der Waals surface area (Å²) < 4.78 is 58.2. The highest BCUT2D eigenvalue weighted by molar-refractivity contribution is 7.89. The molecule has 10 heteroatoms. The summed E-state index contributed by atoms with van der Waals surface area (Å²) in [5, 5.41) is 0. The van der Waals surface area contributed by atoms with Gasteiger partial charge in [-0.15, -0.1) is 0 Å². The standard InChI is InChI=1S/C18H25FN2O6S/c1-25-15-5-4-14(12-16(15)26-2)28(23,24)21-7-3-6-18(19,13-21)17(22)20-8-10-27-11-9-20/h4-5,12H,3,6-11,13H2,1-2H3/t18-/m0/s1. The number of morpholine rings is 1. The van der Waals surface area contributed by atoms with E-state index in [1.165, 1.54) is 37.3 Å². The molecule has 28 heavy (non-hydrogen) atoms. The number of carbonyl (C=O) groups excluding carboxylic acids is 1. The van der Waals surface area contributed by atoms with E-state index in [1.54, 1.807) is 0 Å². The number of piperidine rings is 1. The van der Waals surface area contributed by atoms with Crippen molar-refractivity contribution >= 4 is 15.9 Å². The Labute approximate surface area is 164 Å². The van der Waals surface area contributed by atoms with Crippen LogP contribution in [0.25, 0.3) is 0 Å². The van der Waals surface area contributed by atoms with Gasteiger partial charge in [0.15, 0.2) is 11.5 Å². The second kappa shape index (κ2) is 8.22. The van der Waals surface area contributed by atoms with Gasteiger partial charge in [0.25, 0.3) is 5.91 Å². The zero-order valence-electron chi connectivity index (χ0n) is 16.0. The molecule has 0 unspecified atom stereocenters. The lowest BCUT2D eigenvalue weighted by Crippen LogP contribution is -2.58. The third kappa shape index (κ3) is 3.94. The smallest absolute Gasteiger partial charge is 0.261 e. The zero-order chi connectivity index (χ0) is 20.4. The van der Waals surface area contributed by atoms with Crippen LogP contribution in [0.5, 0.6) is 11.5 Å². The van der Waals surface area contributed by atoms with Crippen molar-refractivity contribution < 1.29 is 31.8 Å². The molecule has 2 aliphatic heterocycles. The molecule has 0 spiro atoms. The average molecular weight is 416 g/mol. The Kier molecular flexibility index (Phi) is 6.11. The van der Waals surface area contributed by atoms with Crippen LogP contribution in [0.2, 0.25) is 0 Å². The number of benzene rings is 1. The van der Waals surface area contributed by atoms with Gasteiger partial charge in [-0.2, -0.15) is 4.31 Å². The number of ether oxygens (including phenoxy) is 3. The molecule has 2 aliphatic rings. The molecule has 1 aromatic rings. The van der Waals surface area contributed by atoms with Crippen molar-refractivity contribution in [3.05, 3.63) is 18.2 Å². The number of amides is 1. The van der Waals surface area contributed by atoms with Gasteiger partial charge in [0.2, 0.25) is 15.7 Å². The molecule has 8 nitrogen and oxygen atoms in total. The molecule has 156 valence electrons. The number of hydrogen-bond acceptors (Lipinski definition) is 6. The van der Waals surface area contributed by atoms with Crippen LogP contribution in [-0.4, -0.2) is 82.8 Å². The van der Waals surface area contributed by atoms with Crippen molar-refractivity contribution in [3.8, 4) is 11.5 Å². The van der Waals surface area contributed by atoms with Crippen LogP contribution < -0.4 is 9.47 Å². The lowest BCUT2D eigenvalue weighted by Gasteiger charge is -2.39. The maximum atomic E-state index is 15.5. The first-order valence-electron chi connectivity index (χ1n) is 9.10. The fourth-order valence-corrected chi connectivity index (χ4v) is 5.07. The molecule has 0 saturated carbocycles. The minimum absolute atomic E-state index is 0.00114. The SMILES string of the molecule is COc1ccc(S(=O)(=O)N2CCC[C@@](F)(C(=O)N3CCOCC3)C2)cc1OC. The summed E-state index contributed by atoms with van der Waals surface area (Å²) in [6.45, 7) is 0.990. The third-order valence-electron chi connectivity index (χ3n) is 5.08. The Morgan fingerprint density at radius 1 is 1.14 bits per heavy atom. The molecule has 1 aromatic carbocycles. The molecule has 0 radical (unpaired) electrons. The van der Waals surface area contributed by atoms with Gasteiger partial charge in [-0.25, -0.2) is 12.8 Å². The van der Waals surface area contributed by atoms with E-state index in [-0.39, 0.29) is 30.0 Å². The van der Waals surface area contributed by atoms with Crippen molar-refractivity contribution in [2.75, 3.05) is 53.6 Å². The predicted molar refractivity (Wildman–Crippen MR) is 98.8 cm³/mol. The van der Waals surface area contributed by atoms with Crippen LogP contribution in [0.1, 0.15) is 12.8 Å². The van der Waals surface area contributed by atoms with Crippen LogP contribution in [-0.2, 0) is 19.6 Å². The summed E-state index contributed by atoms with van der Waals surface area (Å²) in [6, 6.07) is 4.21. The van der Waals surface area contributed by atoms with Crippen LogP contribution in [0, 0.1) is 0 Å². The quantitative estimate of drug-likeness (QED) is 0.714. The molecule has 0 bridgehead atoms. The Morgan fingerprint density at radius 2 is 1.82 bits per heavy atom. The molecular weight excluding hydrogens is 391 g/mol. The van der Waals surface area contributed by atoms with E-state index in [2.05, 4.69) is 0 Å². The van der Waals surface area contributed by atoms with E-state index in [1.807, 2.05) is 0 Å². The fourth-order valence-electron chi connectivity index (χ4n) is 3.53. The normalized spacial score (nSPS) is 24.0. The van der Waals surface area contributed by atoms with E-state index in [0.717, 1.165) is 4.31 Å². The van der Waals surface area contributed by atoms with Crippen LogP contribution in [0.15, 0.2) is 23.1 Å². The van der Waals surface area contributed by atoms with E-state index in [4.69, 9.17) is 14.2 Å². The Bertz CT molecular complexity index is 827. The monoisotopic (exact) mass is 416 g/mol. The number of carbonyl (C=O) groups is 1. The molecule has 1 amide bonds. The largest absolute Gasteiger partial charge is 0.493 e. The molecule has 3 rings (SSSR count). The first kappa shape index (κ1) is 20.8. The average Bonchev–Trinajstić information content (AvgIpc) is 2.73. The highest BCUT2D eigenvalue weighted by Gasteiger charge is 2.48. The minimum Gasteiger partial charge on any atom is -0.493 e. The molecule has 0 aliphatic carbocycles. The van der Waals surface area contributed by atoms with Crippen LogP contribution in [0.3, 0.4) is 0 Å². The van der Waals surface area contributed by atoms with Crippen molar-refractivity contribution in [2.24, 2.45) is 0 Å². The summed E-state index contributed by atoms with van der Waals surface area (Å²) in [4.78, 5) is 14.1. The summed E-state index contributed by atoms with van der Waals surface area (Å²) in [7, 11) is -1.14. The van der Waals surface area contributed by atoms with Gasteiger partial charge >= 0.3 is 0 Å². The number of halogens is 1. The topological polar surface area (TPSA) is 85.4 Å². The molecule has 0 aromatic heterocycles. The van der Waals surface area contributed by atoms with Gasteiger partial charge < -0.3 is 19.1 Å². The Morgan fingerprint density at radius 3 is 2.46 bits per heavy atom.